The predicted octanol–water partition coefficient (Wildman–Crippen LogP) is 2.90. The van der Waals surface area contributed by atoms with E-state index >= 15 is 0 Å². The van der Waals surface area contributed by atoms with Gasteiger partial charge >= 0.3 is 0 Å². The molecule has 0 radical (unpaired) electrons. The summed E-state index contributed by atoms with van der Waals surface area (Å²) in [7, 11) is 2.20. The molecular formula is C16H28N2O. The standard InChI is InChI=1S/C16H28N2O/c1-5-12(2)17(4)9-10-18-13(3)11-14-15(18)7-6-8-16(14)19/h11-12,16,19H,5-10H2,1-4H3. The van der Waals surface area contributed by atoms with Gasteiger partial charge in [0.2, 0.25) is 0 Å². The van der Waals surface area contributed by atoms with Crippen LogP contribution >= 0.6 is 0 Å². The highest BCUT2D eigenvalue weighted by Crippen LogP contribution is 2.32. The second-order valence-electron chi connectivity index (χ2n) is 5.99. The third-order valence-electron chi connectivity index (χ3n) is 4.72. The van der Waals surface area contributed by atoms with Gasteiger partial charge in [0.15, 0.2) is 0 Å². The highest BCUT2D eigenvalue weighted by atomic mass is 16.3. The first kappa shape index (κ1) is 14.6. The fraction of sp³-hybridized carbons (Fsp3) is 0.750. The number of aliphatic hydroxyl groups excluding tert-OH is 1. The first-order valence-corrected chi connectivity index (χ1v) is 7.61. The molecular weight excluding hydrogens is 236 g/mol. The molecule has 1 aliphatic carbocycles. The molecule has 3 nitrogen and oxygen atoms in total. The lowest BCUT2D eigenvalue weighted by atomic mass is 9.95. The molecule has 0 amide bonds. The third-order valence-corrected chi connectivity index (χ3v) is 4.72. The van der Waals surface area contributed by atoms with E-state index in [2.05, 4.69) is 43.4 Å². The van der Waals surface area contributed by atoms with E-state index in [0.29, 0.717) is 6.04 Å². The topological polar surface area (TPSA) is 28.4 Å². The summed E-state index contributed by atoms with van der Waals surface area (Å²) in [5.41, 5.74) is 3.84. The fourth-order valence-corrected chi connectivity index (χ4v) is 3.04. The smallest absolute Gasteiger partial charge is 0.0807 e. The van der Waals surface area contributed by atoms with Crippen LogP contribution in [0.2, 0.25) is 0 Å². The van der Waals surface area contributed by atoms with E-state index in [1.807, 2.05) is 0 Å². The van der Waals surface area contributed by atoms with Gasteiger partial charge < -0.3 is 14.6 Å². The molecule has 2 atom stereocenters. The van der Waals surface area contributed by atoms with Gasteiger partial charge in [-0.3, -0.25) is 0 Å². The highest BCUT2D eigenvalue weighted by molar-refractivity contribution is 5.31. The molecule has 1 aromatic heterocycles. The summed E-state index contributed by atoms with van der Waals surface area (Å²) in [4.78, 5) is 2.42. The lowest BCUT2D eigenvalue weighted by Gasteiger charge is -2.25. The van der Waals surface area contributed by atoms with Crippen molar-refractivity contribution in [3.63, 3.8) is 0 Å². The molecule has 1 aromatic rings. The number of fused-ring (bicyclic) bond motifs is 1. The Morgan fingerprint density at radius 1 is 1.53 bits per heavy atom. The van der Waals surface area contributed by atoms with Gasteiger partial charge in [-0.2, -0.15) is 0 Å². The minimum Gasteiger partial charge on any atom is -0.388 e. The van der Waals surface area contributed by atoms with Crippen LogP contribution in [-0.4, -0.2) is 34.2 Å². The van der Waals surface area contributed by atoms with Crippen molar-refractivity contribution in [1.29, 1.82) is 0 Å². The molecule has 2 unspecified atom stereocenters. The first-order valence-electron chi connectivity index (χ1n) is 7.61. The van der Waals surface area contributed by atoms with Crippen molar-refractivity contribution in [1.82, 2.24) is 9.47 Å². The zero-order valence-corrected chi connectivity index (χ0v) is 12.8. The van der Waals surface area contributed by atoms with E-state index in [1.165, 1.54) is 23.4 Å². The Labute approximate surface area is 117 Å². The van der Waals surface area contributed by atoms with Crippen LogP contribution in [0.3, 0.4) is 0 Å². The molecule has 0 saturated carbocycles. The number of hydrogen-bond acceptors (Lipinski definition) is 2. The van der Waals surface area contributed by atoms with Crippen LogP contribution in [0.15, 0.2) is 6.07 Å². The summed E-state index contributed by atoms with van der Waals surface area (Å²) in [5.74, 6) is 0. The van der Waals surface area contributed by atoms with Gasteiger partial charge in [-0.05, 0) is 52.6 Å². The molecule has 0 bridgehead atoms. The van der Waals surface area contributed by atoms with Crippen molar-refractivity contribution in [3.05, 3.63) is 23.0 Å². The summed E-state index contributed by atoms with van der Waals surface area (Å²) in [6.07, 6.45) is 4.10. The third kappa shape index (κ3) is 3.03. The average molecular weight is 264 g/mol. The molecule has 108 valence electrons. The van der Waals surface area contributed by atoms with Gasteiger partial charge in [0.05, 0.1) is 6.10 Å². The number of nitrogens with zero attached hydrogens (tertiary/aromatic N) is 2. The van der Waals surface area contributed by atoms with E-state index < -0.39 is 0 Å². The van der Waals surface area contributed by atoms with Gasteiger partial charge in [0.25, 0.3) is 0 Å². The van der Waals surface area contributed by atoms with Crippen molar-refractivity contribution in [2.24, 2.45) is 0 Å². The maximum absolute atomic E-state index is 10.1. The predicted molar refractivity (Wildman–Crippen MR) is 79.4 cm³/mol. The second kappa shape index (κ2) is 6.10. The number of rotatable bonds is 5. The Bertz CT molecular complexity index is 425. The number of hydrogen-bond donors (Lipinski definition) is 1. The monoisotopic (exact) mass is 264 g/mol. The minimum absolute atomic E-state index is 0.240. The van der Waals surface area contributed by atoms with Crippen LogP contribution < -0.4 is 0 Å². The van der Waals surface area contributed by atoms with Gasteiger partial charge in [-0.1, -0.05) is 6.92 Å². The number of aryl methyl sites for hydroxylation is 1. The van der Waals surface area contributed by atoms with Gasteiger partial charge in [0.1, 0.15) is 0 Å². The largest absolute Gasteiger partial charge is 0.388 e. The summed E-state index contributed by atoms with van der Waals surface area (Å²) < 4.78 is 2.41. The highest BCUT2D eigenvalue weighted by Gasteiger charge is 2.23. The summed E-state index contributed by atoms with van der Waals surface area (Å²) in [6, 6.07) is 2.82. The van der Waals surface area contributed by atoms with E-state index in [4.69, 9.17) is 0 Å². The van der Waals surface area contributed by atoms with Gasteiger partial charge in [0, 0.05) is 36.1 Å². The lowest BCUT2D eigenvalue weighted by molar-refractivity contribution is 0.155. The lowest BCUT2D eigenvalue weighted by Crippen LogP contribution is -2.32. The van der Waals surface area contributed by atoms with Crippen molar-refractivity contribution < 1.29 is 5.11 Å². The van der Waals surface area contributed by atoms with E-state index in [9.17, 15) is 5.11 Å². The normalized spacial score (nSPS) is 20.6. The maximum atomic E-state index is 10.1. The van der Waals surface area contributed by atoms with Crippen LogP contribution in [0.5, 0.6) is 0 Å². The SMILES string of the molecule is CCC(C)N(C)CCn1c(C)cc2c1CCCC2O. The van der Waals surface area contributed by atoms with E-state index in [-0.39, 0.29) is 6.10 Å². The minimum atomic E-state index is -0.240. The van der Waals surface area contributed by atoms with Crippen LogP contribution in [0.25, 0.3) is 0 Å². The Morgan fingerprint density at radius 2 is 2.26 bits per heavy atom. The van der Waals surface area contributed by atoms with Crippen molar-refractivity contribution in [2.45, 2.75) is 65.1 Å². The zero-order chi connectivity index (χ0) is 14.0. The molecule has 0 fully saturated rings. The quantitative estimate of drug-likeness (QED) is 0.886. The number of aliphatic hydroxyl groups is 1. The van der Waals surface area contributed by atoms with Crippen LogP contribution in [0.4, 0.5) is 0 Å². The summed E-state index contributed by atoms with van der Waals surface area (Å²) >= 11 is 0. The Kier molecular flexibility index (Phi) is 4.69. The Morgan fingerprint density at radius 3 is 2.95 bits per heavy atom. The first-order chi connectivity index (χ1) is 9.04. The maximum Gasteiger partial charge on any atom is 0.0807 e. The van der Waals surface area contributed by atoms with Gasteiger partial charge in [-0.25, -0.2) is 0 Å². The van der Waals surface area contributed by atoms with Gasteiger partial charge in [-0.15, -0.1) is 0 Å². The van der Waals surface area contributed by atoms with Crippen LogP contribution in [-0.2, 0) is 13.0 Å². The number of aromatic nitrogens is 1. The second-order valence-corrected chi connectivity index (χ2v) is 5.99. The van der Waals surface area contributed by atoms with E-state index in [1.54, 1.807) is 0 Å². The summed E-state index contributed by atoms with van der Waals surface area (Å²) in [6.45, 7) is 8.79. The molecule has 0 spiro atoms. The molecule has 0 aliphatic heterocycles. The van der Waals surface area contributed by atoms with Crippen LogP contribution in [0, 0.1) is 6.92 Å². The molecule has 0 aromatic carbocycles. The summed E-state index contributed by atoms with van der Waals surface area (Å²) in [5, 5.41) is 10.1. The Hall–Kier alpha value is -0.800. The Balaban J connectivity index is 2.09. The molecule has 3 heteroatoms. The molecule has 0 saturated heterocycles. The van der Waals surface area contributed by atoms with E-state index in [0.717, 1.165) is 32.4 Å². The molecule has 19 heavy (non-hydrogen) atoms. The zero-order valence-electron chi connectivity index (χ0n) is 12.8. The van der Waals surface area contributed by atoms with Crippen molar-refractivity contribution in [3.8, 4) is 0 Å². The fourth-order valence-electron chi connectivity index (χ4n) is 3.04. The van der Waals surface area contributed by atoms with Crippen molar-refractivity contribution in [2.75, 3.05) is 13.6 Å². The molecule has 1 aliphatic rings. The molecule has 1 N–H and O–H groups in total. The van der Waals surface area contributed by atoms with Crippen LogP contribution in [0.1, 0.15) is 56.2 Å². The molecule has 2 rings (SSSR count). The van der Waals surface area contributed by atoms with Crippen molar-refractivity contribution >= 4 is 0 Å². The molecule has 1 heterocycles. The average Bonchev–Trinajstić information content (AvgIpc) is 2.72. The number of likely N-dealkylation sites (N-methyl/N-ethyl adjacent to an activating group) is 1.